The molecule has 4 heteroatoms. The number of anilines is 1. The molecule has 0 aliphatic heterocycles. The van der Waals surface area contributed by atoms with Crippen LogP contribution in [-0.4, -0.2) is 29.4 Å². The van der Waals surface area contributed by atoms with E-state index in [0.29, 0.717) is 17.8 Å². The third-order valence-corrected chi connectivity index (χ3v) is 3.68. The zero-order chi connectivity index (χ0) is 15.4. The van der Waals surface area contributed by atoms with Gasteiger partial charge in [0.1, 0.15) is 0 Å². The molecule has 0 radical (unpaired) electrons. The SMILES string of the molecule is Cc1cc(C)c(C(=O)N(C)CCc2ccncc2)cc1N. The number of nitrogens with two attached hydrogens (primary N) is 1. The molecule has 0 aliphatic carbocycles. The molecule has 1 aromatic heterocycles. The number of pyridine rings is 1. The average molecular weight is 283 g/mol. The van der Waals surface area contributed by atoms with Crippen molar-refractivity contribution in [2.45, 2.75) is 20.3 Å². The molecule has 0 saturated heterocycles. The summed E-state index contributed by atoms with van der Waals surface area (Å²) in [5.74, 6) is 0.00764. The van der Waals surface area contributed by atoms with Gasteiger partial charge in [-0.2, -0.15) is 0 Å². The molecule has 1 aromatic carbocycles. The molecule has 1 amide bonds. The first kappa shape index (κ1) is 15.0. The maximum atomic E-state index is 12.5. The van der Waals surface area contributed by atoms with Crippen molar-refractivity contribution in [3.63, 3.8) is 0 Å². The fraction of sp³-hybridized carbons (Fsp3) is 0.294. The quantitative estimate of drug-likeness (QED) is 0.877. The van der Waals surface area contributed by atoms with Crippen LogP contribution < -0.4 is 5.73 Å². The van der Waals surface area contributed by atoms with Crippen LogP contribution in [0.15, 0.2) is 36.7 Å². The Morgan fingerprint density at radius 1 is 1.19 bits per heavy atom. The summed E-state index contributed by atoms with van der Waals surface area (Å²) in [6.45, 7) is 4.55. The van der Waals surface area contributed by atoms with Gasteiger partial charge in [0.2, 0.25) is 0 Å². The molecule has 2 aromatic rings. The lowest BCUT2D eigenvalue weighted by Gasteiger charge is -2.19. The highest BCUT2D eigenvalue weighted by molar-refractivity contribution is 5.96. The molecule has 0 atom stereocenters. The summed E-state index contributed by atoms with van der Waals surface area (Å²) in [4.78, 5) is 18.2. The van der Waals surface area contributed by atoms with Gasteiger partial charge in [-0.05, 0) is 55.2 Å². The summed E-state index contributed by atoms with van der Waals surface area (Å²) >= 11 is 0. The molecule has 0 saturated carbocycles. The van der Waals surface area contributed by atoms with Crippen LogP contribution in [0, 0.1) is 13.8 Å². The number of benzene rings is 1. The van der Waals surface area contributed by atoms with E-state index in [2.05, 4.69) is 4.98 Å². The minimum Gasteiger partial charge on any atom is -0.398 e. The highest BCUT2D eigenvalue weighted by Gasteiger charge is 2.15. The first-order chi connectivity index (χ1) is 9.99. The number of carbonyl (C=O) groups excluding carboxylic acids is 1. The topological polar surface area (TPSA) is 59.2 Å². The van der Waals surface area contributed by atoms with E-state index < -0.39 is 0 Å². The number of carbonyl (C=O) groups is 1. The Kier molecular flexibility index (Phi) is 4.58. The molecule has 21 heavy (non-hydrogen) atoms. The number of hydrogen-bond donors (Lipinski definition) is 1. The van der Waals surface area contributed by atoms with Crippen molar-refractivity contribution in [2.24, 2.45) is 0 Å². The number of amides is 1. The molecular weight excluding hydrogens is 262 g/mol. The van der Waals surface area contributed by atoms with E-state index in [9.17, 15) is 4.79 Å². The number of aromatic nitrogens is 1. The van der Waals surface area contributed by atoms with Crippen molar-refractivity contribution < 1.29 is 4.79 Å². The molecule has 0 aliphatic rings. The van der Waals surface area contributed by atoms with Crippen LogP contribution in [0.2, 0.25) is 0 Å². The summed E-state index contributed by atoms with van der Waals surface area (Å²) < 4.78 is 0. The Balaban J connectivity index is 2.07. The second kappa shape index (κ2) is 6.39. The molecule has 0 fully saturated rings. The molecule has 2 N–H and O–H groups in total. The van der Waals surface area contributed by atoms with E-state index in [1.807, 2.05) is 39.1 Å². The Bertz CT molecular complexity index is 638. The lowest BCUT2D eigenvalue weighted by Crippen LogP contribution is -2.29. The summed E-state index contributed by atoms with van der Waals surface area (Å²) in [5, 5.41) is 0. The number of aryl methyl sites for hydroxylation is 2. The zero-order valence-corrected chi connectivity index (χ0v) is 12.8. The predicted molar refractivity (Wildman–Crippen MR) is 85.2 cm³/mol. The monoisotopic (exact) mass is 283 g/mol. The third kappa shape index (κ3) is 3.60. The minimum absolute atomic E-state index is 0.00764. The lowest BCUT2D eigenvalue weighted by atomic mass is 10.0. The Hall–Kier alpha value is -2.36. The van der Waals surface area contributed by atoms with Crippen molar-refractivity contribution in [1.82, 2.24) is 9.88 Å². The Morgan fingerprint density at radius 3 is 2.52 bits per heavy atom. The maximum absolute atomic E-state index is 12.5. The standard InChI is InChI=1S/C17H21N3O/c1-12-10-13(2)16(18)11-15(12)17(21)20(3)9-6-14-4-7-19-8-5-14/h4-5,7-8,10-11H,6,9,18H2,1-3H3. The third-order valence-electron chi connectivity index (χ3n) is 3.68. The largest absolute Gasteiger partial charge is 0.398 e. The van der Waals surface area contributed by atoms with Gasteiger partial charge in [0, 0.05) is 37.2 Å². The summed E-state index contributed by atoms with van der Waals surface area (Å²) in [7, 11) is 1.82. The molecule has 0 unspecified atom stereocenters. The van der Waals surface area contributed by atoms with Gasteiger partial charge in [0.15, 0.2) is 0 Å². The van der Waals surface area contributed by atoms with Crippen LogP contribution in [-0.2, 0) is 6.42 Å². The molecule has 0 bridgehead atoms. The smallest absolute Gasteiger partial charge is 0.253 e. The van der Waals surface area contributed by atoms with E-state index in [0.717, 1.165) is 17.5 Å². The van der Waals surface area contributed by atoms with E-state index in [1.54, 1.807) is 23.4 Å². The predicted octanol–water partition coefficient (Wildman–Crippen LogP) is 2.60. The summed E-state index contributed by atoms with van der Waals surface area (Å²) in [6.07, 6.45) is 4.34. The van der Waals surface area contributed by atoms with Crippen molar-refractivity contribution in [3.05, 3.63) is 58.9 Å². The number of nitrogens with zero attached hydrogens (tertiary/aromatic N) is 2. The molecule has 1 heterocycles. The van der Waals surface area contributed by atoms with Crippen molar-refractivity contribution in [3.8, 4) is 0 Å². The second-order valence-electron chi connectivity index (χ2n) is 5.36. The van der Waals surface area contributed by atoms with Gasteiger partial charge in [-0.3, -0.25) is 9.78 Å². The molecule has 4 nitrogen and oxygen atoms in total. The molecule has 2 rings (SSSR count). The van der Waals surface area contributed by atoms with Crippen molar-refractivity contribution in [1.29, 1.82) is 0 Å². The summed E-state index contributed by atoms with van der Waals surface area (Å²) in [6, 6.07) is 7.66. The average Bonchev–Trinajstić information content (AvgIpc) is 2.49. The first-order valence-corrected chi connectivity index (χ1v) is 7.00. The van der Waals surface area contributed by atoms with E-state index in [-0.39, 0.29) is 5.91 Å². The lowest BCUT2D eigenvalue weighted by molar-refractivity contribution is 0.0796. The number of hydrogen-bond acceptors (Lipinski definition) is 3. The van der Waals surface area contributed by atoms with E-state index >= 15 is 0 Å². The number of rotatable bonds is 4. The van der Waals surface area contributed by atoms with Gasteiger partial charge in [-0.1, -0.05) is 6.07 Å². The molecule has 110 valence electrons. The number of nitrogen functional groups attached to an aromatic ring is 1. The van der Waals surface area contributed by atoms with Gasteiger partial charge in [0.25, 0.3) is 5.91 Å². The van der Waals surface area contributed by atoms with Crippen LogP contribution in [0.25, 0.3) is 0 Å². The van der Waals surface area contributed by atoms with Crippen molar-refractivity contribution >= 4 is 11.6 Å². The second-order valence-corrected chi connectivity index (χ2v) is 5.36. The molecule has 0 spiro atoms. The fourth-order valence-electron chi connectivity index (χ4n) is 2.25. The number of likely N-dealkylation sites (N-methyl/N-ethyl adjacent to an activating group) is 1. The van der Waals surface area contributed by atoms with Crippen LogP contribution in [0.1, 0.15) is 27.0 Å². The highest BCUT2D eigenvalue weighted by Crippen LogP contribution is 2.19. The molecular formula is C17H21N3O. The van der Waals surface area contributed by atoms with Crippen LogP contribution in [0.4, 0.5) is 5.69 Å². The fourth-order valence-corrected chi connectivity index (χ4v) is 2.25. The van der Waals surface area contributed by atoms with E-state index in [4.69, 9.17) is 5.73 Å². The van der Waals surface area contributed by atoms with Gasteiger partial charge in [-0.15, -0.1) is 0 Å². The van der Waals surface area contributed by atoms with Crippen LogP contribution in [0.3, 0.4) is 0 Å². The maximum Gasteiger partial charge on any atom is 0.253 e. The first-order valence-electron chi connectivity index (χ1n) is 7.00. The van der Waals surface area contributed by atoms with Crippen LogP contribution in [0.5, 0.6) is 0 Å². The Morgan fingerprint density at radius 2 is 1.86 bits per heavy atom. The summed E-state index contributed by atoms with van der Waals surface area (Å²) in [5.41, 5.74) is 10.4. The highest BCUT2D eigenvalue weighted by atomic mass is 16.2. The van der Waals surface area contributed by atoms with Crippen LogP contribution >= 0.6 is 0 Å². The minimum atomic E-state index is 0.00764. The van der Waals surface area contributed by atoms with Gasteiger partial charge in [0.05, 0.1) is 0 Å². The normalized spacial score (nSPS) is 10.4. The zero-order valence-electron chi connectivity index (χ0n) is 12.8. The Labute approximate surface area is 125 Å². The van der Waals surface area contributed by atoms with Gasteiger partial charge < -0.3 is 10.6 Å². The van der Waals surface area contributed by atoms with Crippen molar-refractivity contribution in [2.75, 3.05) is 19.3 Å². The van der Waals surface area contributed by atoms with Gasteiger partial charge >= 0.3 is 0 Å². The van der Waals surface area contributed by atoms with E-state index in [1.165, 1.54) is 5.56 Å². The van der Waals surface area contributed by atoms with Gasteiger partial charge in [-0.25, -0.2) is 0 Å².